The zero-order valence-corrected chi connectivity index (χ0v) is 12.5. The van der Waals surface area contributed by atoms with Crippen LogP contribution in [0, 0.1) is 11.3 Å². The van der Waals surface area contributed by atoms with E-state index in [4.69, 9.17) is 9.47 Å². The number of rotatable bonds is 8. The van der Waals surface area contributed by atoms with E-state index in [9.17, 15) is 19.8 Å². The molecule has 2 unspecified atom stereocenters. The van der Waals surface area contributed by atoms with E-state index in [2.05, 4.69) is 0 Å². The largest absolute Gasteiger partial charge is 0.481 e. The third-order valence-corrected chi connectivity index (χ3v) is 4.11. The van der Waals surface area contributed by atoms with E-state index in [-0.39, 0.29) is 11.9 Å². The highest BCUT2D eigenvalue weighted by atomic mass is 16.7. The Bertz CT molecular complexity index is 449. The Hall–Kier alpha value is -1.66. The number of carbonyl (C=O) groups is 2. The average Bonchev–Trinajstić information content (AvgIpc) is 2.44. The summed E-state index contributed by atoms with van der Waals surface area (Å²) >= 11 is 0. The van der Waals surface area contributed by atoms with E-state index in [1.165, 1.54) is 26.4 Å². The standard InChI is InChI=1S/C15H22O6/c1-10-11(13(16)17)6-4-8-15(10,14(18)19)9-5-7-12(20-2)21-3/h4,6,8,10,12H,5,7,9H2,1-3H3,(H,16,17)(H,18,19). The van der Waals surface area contributed by atoms with E-state index in [0.717, 1.165) is 0 Å². The average molecular weight is 298 g/mol. The van der Waals surface area contributed by atoms with Crippen LogP contribution in [0.4, 0.5) is 0 Å². The van der Waals surface area contributed by atoms with Gasteiger partial charge in [0.2, 0.25) is 0 Å². The summed E-state index contributed by atoms with van der Waals surface area (Å²) in [6, 6.07) is 0. The molecule has 0 radical (unpaired) electrons. The molecule has 0 aliphatic heterocycles. The van der Waals surface area contributed by atoms with Crippen LogP contribution in [0.5, 0.6) is 0 Å². The summed E-state index contributed by atoms with van der Waals surface area (Å²) in [4.78, 5) is 23.0. The van der Waals surface area contributed by atoms with Crippen molar-refractivity contribution >= 4 is 11.9 Å². The molecule has 1 rings (SSSR count). The lowest BCUT2D eigenvalue weighted by molar-refractivity contribution is -0.149. The number of carboxylic acid groups (broad SMARTS) is 2. The van der Waals surface area contributed by atoms with Crippen molar-refractivity contribution in [2.75, 3.05) is 14.2 Å². The Morgan fingerprint density at radius 1 is 1.33 bits per heavy atom. The van der Waals surface area contributed by atoms with Gasteiger partial charge in [0.25, 0.3) is 0 Å². The fraction of sp³-hybridized carbons (Fsp3) is 0.600. The van der Waals surface area contributed by atoms with Crippen molar-refractivity contribution in [2.45, 2.75) is 32.5 Å². The number of aliphatic carboxylic acids is 2. The molecule has 118 valence electrons. The molecule has 0 aromatic carbocycles. The summed E-state index contributed by atoms with van der Waals surface area (Å²) in [6.45, 7) is 1.64. The Labute approximate surface area is 124 Å². The maximum Gasteiger partial charge on any atom is 0.331 e. The van der Waals surface area contributed by atoms with Crippen molar-refractivity contribution in [3.05, 3.63) is 23.8 Å². The van der Waals surface area contributed by atoms with E-state index >= 15 is 0 Å². The minimum Gasteiger partial charge on any atom is -0.481 e. The fourth-order valence-electron chi connectivity index (χ4n) is 2.70. The highest BCUT2D eigenvalue weighted by Crippen LogP contribution is 2.42. The van der Waals surface area contributed by atoms with Gasteiger partial charge in [0.1, 0.15) is 0 Å². The van der Waals surface area contributed by atoms with Crippen molar-refractivity contribution in [1.82, 2.24) is 0 Å². The van der Waals surface area contributed by atoms with Gasteiger partial charge in [-0.05, 0) is 19.3 Å². The quantitative estimate of drug-likeness (QED) is 0.666. The number of allylic oxidation sites excluding steroid dienone is 2. The summed E-state index contributed by atoms with van der Waals surface area (Å²) in [6.07, 6.45) is 5.61. The van der Waals surface area contributed by atoms with Crippen molar-refractivity contribution in [3.8, 4) is 0 Å². The second-order valence-electron chi connectivity index (χ2n) is 5.15. The van der Waals surface area contributed by atoms with Gasteiger partial charge in [-0.3, -0.25) is 4.79 Å². The number of carboxylic acids is 2. The predicted octanol–water partition coefficient (Wildman–Crippen LogP) is 2.06. The second kappa shape index (κ2) is 7.38. The van der Waals surface area contributed by atoms with E-state index in [1.807, 2.05) is 0 Å². The first-order valence-electron chi connectivity index (χ1n) is 6.80. The fourth-order valence-corrected chi connectivity index (χ4v) is 2.70. The third-order valence-electron chi connectivity index (χ3n) is 4.11. The van der Waals surface area contributed by atoms with Crippen molar-refractivity contribution in [1.29, 1.82) is 0 Å². The van der Waals surface area contributed by atoms with Crippen LogP contribution in [-0.2, 0) is 19.1 Å². The van der Waals surface area contributed by atoms with Gasteiger partial charge in [-0.15, -0.1) is 0 Å². The first kappa shape index (κ1) is 17.4. The monoisotopic (exact) mass is 298 g/mol. The van der Waals surface area contributed by atoms with E-state index < -0.39 is 23.3 Å². The molecule has 0 aromatic heterocycles. The summed E-state index contributed by atoms with van der Waals surface area (Å²) < 4.78 is 10.2. The van der Waals surface area contributed by atoms with Crippen molar-refractivity contribution < 1.29 is 29.3 Å². The summed E-state index contributed by atoms with van der Waals surface area (Å²) in [5.74, 6) is -2.69. The SMILES string of the molecule is COC(CCCC1(C(=O)O)C=CC=C(C(=O)O)C1C)OC. The normalized spacial score (nSPS) is 25.0. The number of hydrogen-bond acceptors (Lipinski definition) is 4. The lowest BCUT2D eigenvalue weighted by atomic mass is 9.67. The molecule has 2 atom stereocenters. The Balaban J connectivity index is 2.86. The van der Waals surface area contributed by atoms with Crippen molar-refractivity contribution in [3.63, 3.8) is 0 Å². The summed E-state index contributed by atoms with van der Waals surface area (Å²) in [7, 11) is 3.05. The summed E-state index contributed by atoms with van der Waals surface area (Å²) in [5, 5.41) is 18.8. The molecule has 0 aromatic rings. The molecule has 0 saturated heterocycles. The minimum atomic E-state index is -1.20. The molecular formula is C15H22O6. The Morgan fingerprint density at radius 2 is 1.95 bits per heavy atom. The topological polar surface area (TPSA) is 93.1 Å². The molecule has 6 heteroatoms. The lowest BCUT2D eigenvalue weighted by Crippen LogP contribution is -2.39. The number of methoxy groups -OCH3 is 2. The molecule has 1 aliphatic carbocycles. The molecule has 2 N–H and O–H groups in total. The molecular weight excluding hydrogens is 276 g/mol. The molecule has 0 fully saturated rings. The highest BCUT2D eigenvalue weighted by Gasteiger charge is 2.45. The Kier molecular flexibility index (Phi) is 6.11. The van der Waals surface area contributed by atoms with Crippen LogP contribution >= 0.6 is 0 Å². The minimum absolute atomic E-state index is 0.120. The van der Waals surface area contributed by atoms with Gasteiger partial charge in [-0.25, -0.2) is 4.79 Å². The van der Waals surface area contributed by atoms with Gasteiger partial charge in [0.15, 0.2) is 6.29 Å². The molecule has 0 bridgehead atoms. The number of hydrogen-bond donors (Lipinski definition) is 2. The molecule has 21 heavy (non-hydrogen) atoms. The first-order chi connectivity index (χ1) is 9.89. The van der Waals surface area contributed by atoms with E-state index in [1.54, 1.807) is 13.0 Å². The number of ether oxygens (including phenoxy) is 2. The molecule has 0 amide bonds. The summed E-state index contributed by atoms with van der Waals surface area (Å²) in [5.41, 5.74) is -1.08. The van der Waals surface area contributed by atoms with Gasteiger partial charge in [0.05, 0.1) is 5.41 Å². The van der Waals surface area contributed by atoms with Crippen LogP contribution in [0.2, 0.25) is 0 Å². The van der Waals surface area contributed by atoms with Gasteiger partial charge in [-0.1, -0.05) is 25.2 Å². The molecule has 0 spiro atoms. The molecule has 0 saturated carbocycles. The predicted molar refractivity (Wildman–Crippen MR) is 75.7 cm³/mol. The van der Waals surface area contributed by atoms with E-state index in [0.29, 0.717) is 19.3 Å². The van der Waals surface area contributed by atoms with Crippen LogP contribution in [-0.4, -0.2) is 42.7 Å². The molecule has 6 nitrogen and oxygen atoms in total. The van der Waals surface area contributed by atoms with Crippen LogP contribution < -0.4 is 0 Å². The zero-order valence-electron chi connectivity index (χ0n) is 12.5. The highest BCUT2D eigenvalue weighted by molar-refractivity contribution is 5.91. The van der Waals surface area contributed by atoms with Gasteiger partial charge >= 0.3 is 11.9 Å². The van der Waals surface area contributed by atoms with Crippen molar-refractivity contribution in [2.24, 2.45) is 11.3 Å². The van der Waals surface area contributed by atoms with Crippen LogP contribution in [0.15, 0.2) is 23.8 Å². The molecule has 1 aliphatic rings. The Morgan fingerprint density at radius 3 is 2.43 bits per heavy atom. The van der Waals surface area contributed by atoms with Crippen LogP contribution in [0.25, 0.3) is 0 Å². The van der Waals surface area contributed by atoms with Crippen LogP contribution in [0.1, 0.15) is 26.2 Å². The smallest absolute Gasteiger partial charge is 0.331 e. The maximum absolute atomic E-state index is 11.7. The second-order valence-corrected chi connectivity index (χ2v) is 5.15. The van der Waals surface area contributed by atoms with Gasteiger partial charge in [-0.2, -0.15) is 0 Å². The third kappa shape index (κ3) is 3.71. The van der Waals surface area contributed by atoms with Gasteiger partial charge in [0, 0.05) is 25.7 Å². The lowest BCUT2D eigenvalue weighted by Gasteiger charge is -2.35. The molecule has 0 heterocycles. The van der Waals surface area contributed by atoms with Gasteiger partial charge < -0.3 is 19.7 Å². The zero-order chi connectivity index (χ0) is 16.0. The van der Waals surface area contributed by atoms with Crippen LogP contribution in [0.3, 0.4) is 0 Å². The first-order valence-corrected chi connectivity index (χ1v) is 6.80. The maximum atomic E-state index is 11.7.